The summed E-state index contributed by atoms with van der Waals surface area (Å²) in [4.78, 5) is 2.81. The van der Waals surface area contributed by atoms with Crippen LogP contribution in [0.1, 0.15) is 11.1 Å². The molecule has 2 aliphatic rings. The van der Waals surface area contributed by atoms with Crippen molar-refractivity contribution in [3.05, 3.63) is 29.3 Å². The Morgan fingerprint density at radius 2 is 1.76 bits per heavy atom. The Labute approximate surface area is 127 Å². The van der Waals surface area contributed by atoms with Crippen LogP contribution in [0.5, 0.6) is 0 Å². The standard InChI is InChI=1S/C15H23N3O2S/c1-12-3-4-15(9-13(12)2)21(19,20)18-10-14(11-18)17-7-5-16-6-8-17/h3-4,9,14,16H,5-8,10-11H2,1-2H3. The van der Waals surface area contributed by atoms with Gasteiger partial charge in [-0.05, 0) is 37.1 Å². The first-order chi connectivity index (χ1) is 9.98. The molecular weight excluding hydrogens is 286 g/mol. The van der Waals surface area contributed by atoms with Gasteiger partial charge in [0, 0.05) is 45.3 Å². The zero-order valence-corrected chi connectivity index (χ0v) is 13.5. The van der Waals surface area contributed by atoms with E-state index in [1.165, 1.54) is 0 Å². The van der Waals surface area contributed by atoms with Gasteiger partial charge >= 0.3 is 0 Å². The average molecular weight is 309 g/mol. The van der Waals surface area contributed by atoms with E-state index in [1.54, 1.807) is 16.4 Å². The highest BCUT2D eigenvalue weighted by atomic mass is 32.2. The highest BCUT2D eigenvalue weighted by Crippen LogP contribution is 2.25. The second-order valence-electron chi connectivity index (χ2n) is 6.01. The molecule has 116 valence electrons. The molecule has 0 aliphatic carbocycles. The summed E-state index contributed by atoms with van der Waals surface area (Å²) in [5.41, 5.74) is 2.14. The molecule has 2 aliphatic heterocycles. The normalized spacial score (nSPS) is 22.2. The number of piperazine rings is 1. The summed E-state index contributed by atoms with van der Waals surface area (Å²) in [6.45, 7) is 9.22. The number of hydrogen-bond acceptors (Lipinski definition) is 4. The van der Waals surface area contributed by atoms with E-state index >= 15 is 0 Å². The van der Waals surface area contributed by atoms with Crippen molar-refractivity contribution in [3.8, 4) is 0 Å². The smallest absolute Gasteiger partial charge is 0.243 e. The molecule has 0 spiro atoms. The Hall–Kier alpha value is -0.950. The third-order valence-electron chi connectivity index (χ3n) is 4.61. The molecule has 1 N–H and O–H groups in total. The van der Waals surface area contributed by atoms with E-state index in [4.69, 9.17) is 0 Å². The topological polar surface area (TPSA) is 52.7 Å². The van der Waals surface area contributed by atoms with Crippen molar-refractivity contribution in [1.29, 1.82) is 0 Å². The summed E-state index contributed by atoms with van der Waals surface area (Å²) in [6, 6.07) is 5.77. The van der Waals surface area contributed by atoms with Gasteiger partial charge in [0.15, 0.2) is 0 Å². The number of hydrogen-bond donors (Lipinski definition) is 1. The maximum atomic E-state index is 12.6. The predicted molar refractivity (Wildman–Crippen MR) is 82.9 cm³/mol. The van der Waals surface area contributed by atoms with Gasteiger partial charge in [-0.2, -0.15) is 4.31 Å². The first-order valence-electron chi connectivity index (χ1n) is 7.50. The number of rotatable bonds is 3. The minimum absolute atomic E-state index is 0.383. The van der Waals surface area contributed by atoms with Crippen molar-refractivity contribution in [3.63, 3.8) is 0 Å². The molecule has 0 saturated carbocycles. The largest absolute Gasteiger partial charge is 0.314 e. The van der Waals surface area contributed by atoms with Crippen LogP contribution < -0.4 is 5.32 Å². The molecule has 2 heterocycles. The van der Waals surface area contributed by atoms with Crippen molar-refractivity contribution in [2.75, 3.05) is 39.3 Å². The Balaban J connectivity index is 1.68. The fourth-order valence-electron chi connectivity index (χ4n) is 2.91. The lowest BCUT2D eigenvalue weighted by atomic mass is 10.1. The van der Waals surface area contributed by atoms with E-state index in [-0.39, 0.29) is 0 Å². The maximum absolute atomic E-state index is 12.6. The van der Waals surface area contributed by atoms with Gasteiger partial charge in [-0.15, -0.1) is 0 Å². The second kappa shape index (κ2) is 5.68. The molecule has 2 saturated heterocycles. The van der Waals surface area contributed by atoms with E-state index in [0.717, 1.165) is 37.3 Å². The molecule has 0 unspecified atom stereocenters. The lowest BCUT2D eigenvalue weighted by Gasteiger charge is -2.45. The van der Waals surface area contributed by atoms with Crippen LogP contribution in [0.15, 0.2) is 23.1 Å². The fraction of sp³-hybridized carbons (Fsp3) is 0.600. The van der Waals surface area contributed by atoms with Crippen molar-refractivity contribution in [1.82, 2.24) is 14.5 Å². The van der Waals surface area contributed by atoms with Crippen LogP contribution >= 0.6 is 0 Å². The summed E-state index contributed by atoms with van der Waals surface area (Å²) in [5.74, 6) is 0. The van der Waals surface area contributed by atoms with Crippen molar-refractivity contribution >= 4 is 10.0 Å². The van der Waals surface area contributed by atoms with E-state index in [9.17, 15) is 8.42 Å². The van der Waals surface area contributed by atoms with E-state index in [2.05, 4.69) is 10.2 Å². The lowest BCUT2D eigenvalue weighted by Crippen LogP contribution is -2.63. The Morgan fingerprint density at radius 3 is 2.38 bits per heavy atom. The Morgan fingerprint density at radius 1 is 1.10 bits per heavy atom. The van der Waals surface area contributed by atoms with E-state index < -0.39 is 10.0 Å². The monoisotopic (exact) mass is 309 g/mol. The summed E-state index contributed by atoms with van der Waals surface area (Å²) >= 11 is 0. The number of sulfonamides is 1. The van der Waals surface area contributed by atoms with Gasteiger partial charge in [-0.3, -0.25) is 4.90 Å². The summed E-state index contributed by atoms with van der Waals surface area (Å²) < 4.78 is 26.8. The fourth-order valence-corrected chi connectivity index (χ4v) is 4.52. The first kappa shape index (κ1) is 15.0. The van der Waals surface area contributed by atoms with Crippen LogP contribution in [0, 0.1) is 13.8 Å². The van der Waals surface area contributed by atoms with Gasteiger partial charge in [0.1, 0.15) is 0 Å². The molecule has 1 aromatic carbocycles. The molecule has 1 aromatic rings. The number of aryl methyl sites for hydroxylation is 2. The minimum atomic E-state index is -3.32. The molecule has 0 bridgehead atoms. The molecule has 0 atom stereocenters. The maximum Gasteiger partial charge on any atom is 0.243 e. The summed E-state index contributed by atoms with van der Waals surface area (Å²) in [7, 11) is -3.32. The van der Waals surface area contributed by atoms with Gasteiger partial charge in [-0.25, -0.2) is 8.42 Å². The third kappa shape index (κ3) is 2.85. The van der Waals surface area contributed by atoms with Gasteiger partial charge < -0.3 is 5.32 Å². The van der Waals surface area contributed by atoms with Crippen LogP contribution in [0.3, 0.4) is 0 Å². The zero-order valence-electron chi connectivity index (χ0n) is 12.7. The van der Waals surface area contributed by atoms with Crippen LogP contribution in [0.25, 0.3) is 0 Å². The second-order valence-corrected chi connectivity index (χ2v) is 7.95. The first-order valence-corrected chi connectivity index (χ1v) is 8.94. The molecule has 0 radical (unpaired) electrons. The molecule has 6 heteroatoms. The predicted octanol–water partition coefficient (Wildman–Crippen LogP) is 0.582. The third-order valence-corrected chi connectivity index (χ3v) is 6.44. The Kier molecular flexibility index (Phi) is 4.05. The van der Waals surface area contributed by atoms with Crippen molar-refractivity contribution < 1.29 is 8.42 Å². The van der Waals surface area contributed by atoms with E-state index in [0.29, 0.717) is 24.0 Å². The average Bonchev–Trinajstić information content (AvgIpc) is 2.41. The summed E-state index contributed by atoms with van der Waals surface area (Å²) in [6.07, 6.45) is 0. The van der Waals surface area contributed by atoms with Gasteiger partial charge in [0.05, 0.1) is 4.90 Å². The Bertz CT molecular complexity index is 618. The highest BCUT2D eigenvalue weighted by Gasteiger charge is 2.39. The van der Waals surface area contributed by atoms with Crippen LogP contribution in [-0.4, -0.2) is 62.9 Å². The number of benzene rings is 1. The lowest BCUT2D eigenvalue weighted by molar-refractivity contribution is 0.0773. The van der Waals surface area contributed by atoms with Crippen molar-refractivity contribution in [2.45, 2.75) is 24.8 Å². The van der Waals surface area contributed by atoms with Crippen molar-refractivity contribution in [2.24, 2.45) is 0 Å². The minimum Gasteiger partial charge on any atom is -0.314 e. The van der Waals surface area contributed by atoms with Crippen LogP contribution in [0.2, 0.25) is 0 Å². The molecule has 0 aromatic heterocycles. The van der Waals surface area contributed by atoms with Crippen LogP contribution in [-0.2, 0) is 10.0 Å². The molecule has 3 rings (SSSR count). The number of nitrogens with one attached hydrogen (secondary N) is 1. The molecule has 21 heavy (non-hydrogen) atoms. The molecule has 0 amide bonds. The van der Waals surface area contributed by atoms with Gasteiger partial charge in [0.25, 0.3) is 0 Å². The molecule has 5 nitrogen and oxygen atoms in total. The zero-order chi connectivity index (χ0) is 15.0. The number of nitrogens with zero attached hydrogens (tertiary/aromatic N) is 2. The van der Waals surface area contributed by atoms with E-state index in [1.807, 2.05) is 19.9 Å². The molecule has 2 fully saturated rings. The van der Waals surface area contributed by atoms with Crippen LogP contribution in [0.4, 0.5) is 0 Å². The summed E-state index contributed by atoms with van der Waals surface area (Å²) in [5, 5.41) is 3.32. The molecular formula is C15H23N3O2S. The van der Waals surface area contributed by atoms with Gasteiger partial charge in [-0.1, -0.05) is 6.07 Å². The SMILES string of the molecule is Cc1ccc(S(=O)(=O)N2CC(N3CCNCC3)C2)cc1C. The highest BCUT2D eigenvalue weighted by molar-refractivity contribution is 7.89. The quantitative estimate of drug-likeness (QED) is 0.887. The van der Waals surface area contributed by atoms with Gasteiger partial charge in [0.2, 0.25) is 10.0 Å².